The second-order valence-electron chi connectivity index (χ2n) is 5.81. The number of anilines is 1. The molecule has 0 bridgehead atoms. The monoisotopic (exact) mass is 366 g/mol. The molecule has 0 unspecified atom stereocenters. The Morgan fingerprint density at radius 1 is 1.04 bits per heavy atom. The number of hydrogen-bond donors (Lipinski definition) is 1. The third-order valence-corrected chi connectivity index (χ3v) is 5.09. The first-order valence-corrected chi connectivity index (χ1v) is 9.70. The number of carbonyl (C=O) groups excluding carboxylic acids is 1. The number of thioether (sulfide) groups is 1. The fourth-order valence-corrected chi connectivity index (χ4v) is 3.53. The van der Waals surface area contributed by atoms with Crippen LogP contribution in [0.3, 0.4) is 0 Å². The van der Waals surface area contributed by atoms with Crippen molar-refractivity contribution in [3.8, 4) is 5.69 Å². The zero-order valence-electron chi connectivity index (χ0n) is 15.0. The molecule has 1 N–H and O–H groups in total. The summed E-state index contributed by atoms with van der Waals surface area (Å²) in [4.78, 5) is 12.5. The molecule has 0 aliphatic rings. The number of benzene rings is 2. The summed E-state index contributed by atoms with van der Waals surface area (Å²) in [6, 6.07) is 16.0. The van der Waals surface area contributed by atoms with Crippen LogP contribution in [0.1, 0.15) is 25.0 Å². The van der Waals surface area contributed by atoms with E-state index >= 15 is 0 Å². The molecule has 1 amide bonds. The Morgan fingerprint density at radius 3 is 2.38 bits per heavy atom. The smallest absolute Gasteiger partial charge is 0.234 e. The van der Waals surface area contributed by atoms with Gasteiger partial charge in [0.25, 0.3) is 0 Å². The number of carbonyl (C=O) groups is 1. The highest BCUT2D eigenvalue weighted by Gasteiger charge is 2.13. The standard InChI is InChI=1S/C20H22N4OS/c1-3-15-9-8-10-16(4-2)19(15)22-18(25)13-26-20-23-21-14-24(20)17-11-6-5-7-12-17/h5-12,14H,3-4,13H2,1-2H3,(H,22,25). The van der Waals surface area contributed by atoms with E-state index in [0.717, 1.165) is 35.3 Å². The van der Waals surface area contributed by atoms with Gasteiger partial charge in [0.15, 0.2) is 5.16 Å². The number of nitrogens with one attached hydrogen (secondary N) is 1. The van der Waals surface area contributed by atoms with Crippen molar-refractivity contribution < 1.29 is 4.79 Å². The van der Waals surface area contributed by atoms with Gasteiger partial charge in [-0.1, -0.05) is 62.0 Å². The summed E-state index contributed by atoms with van der Waals surface area (Å²) in [7, 11) is 0. The van der Waals surface area contributed by atoms with Crippen LogP contribution in [0.4, 0.5) is 5.69 Å². The summed E-state index contributed by atoms with van der Waals surface area (Å²) in [5.74, 6) is 0.250. The predicted octanol–water partition coefficient (Wildman–Crippen LogP) is 4.12. The highest BCUT2D eigenvalue weighted by Crippen LogP contribution is 2.24. The molecule has 3 aromatic rings. The molecular weight excluding hydrogens is 344 g/mol. The van der Waals surface area contributed by atoms with Gasteiger partial charge in [-0.15, -0.1) is 10.2 Å². The van der Waals surface area contributed by atoms with Crippen LogP contribution in [0.15, 0.2) is 60.0 Å². The molecule has 0 radical (unpaired) electrons. The molecule has 0 fully saturated rings. The van der Waals surface area contributed by atoms with Gasteiger partial charge in [-0.05, 0) is 36.1 Å². The van der Waals surface area contributed by atoms with Crippen molar-refractivity contribution in [2.75, 3.05) is 11.1 Å². The summed E-state index contributed by atoms with van der Waals surface area (Å²) in [6.07, 6.45) is 3.44. The van der Waals surface area contributed by atoms with Crippen molar-refractivity contribution >= 4 is 23.4 Å². The summed E-state index contributed by atoms with van der Waals surface area (Å²) in [5, 5.41) is 11.9. The van der Waals surface area contributed by atoms with Gasteiger partial charge in [0.1, 0.15) is 6.33 Å². The minimum atomic E-state index is -0.0341. The van der Waals surface area contributed by atoms with Crippen molar-refractivity contribution in [1.29, 1.82) is 0 Å². The second-order valence-corrected chi connectivity index (χ2v) is 6.76. The number of hydrogen-bond acceptors (Lipinski definition) is 4. The van der Waals surface area contributed by atoms with Crippen LogP contribution in [0.5, 0.6) is 0 Å². The van der Waals surface area contributed by atoms with Gasteiger partial charge in [0.05, 0.1) is 5.75 Å². The van der Waals surface area contributed by atoms with E-state index in [1.54, 1.807) is 6.33 Å². The Bertz CT molecular complexity index is 854. The molecule has 1 aromatic heterocycles. The maximum atomic E-state index is 12.5. The fourth-order valence-electron chi connectivity index (χ4n) is 2.80. The fraction of sp³-hybridized carbons (Fsp3) is 0.250. The normalized spacial score (nSPS) is 10.7. The lowest BCUT2D eigenvalue weighted by atomic mass is 10.0. The van der Waals surface area contributed by atoms with Crippen molar-refractivity contribution in [3.63, 3.8) is 0 Å². The van der Waals surface area contributed by atoms with Crippen molar-refractivity contribution in [1.82, 2.24) is 14.8 Å². The van der Waals surface area contributed by atoms with Crippen LogP contribution in [-0.4, -0.2) is 26.4 Å². The number of para-hydroxylation sites is 2. The molecule has 3 rings (SSSR count). The van der Waals surface area contributed by atoms with Gasteiger partial charge in [0.2, 0.25) is 5.91 Å². The van der Waals surface area contributed by atoms with E-state index in [1.165, 1.54) is 11.8 Å². The van der Waals surface area contributed by atoms with Gasteiger partial charge >= 0.3 is 0 Å². The van der Waals surface area contributed by atoms with Crippen LogP contribution >= 0.6 is 11.8 Å². The maximum absolute atomic E-state index is 12.5. The lowest BCUT2D eigenvalue weighted by Gasteiger charge is -2.14. The zero-order chi connectivity index (χ0) is 18.4. The molecule has 0 spiro atoms. The first kappa shape index (κ1) is 18.2. The molecule has 0 atom stereocenters. The van der Waals surface area contributed by atoms with E-state index in [9.17, 15) is 4.79 Å². The Balaban J connectivity index is 1.69. The quantitative estimate of drug-likeness (QED) is 0.639. The lowest BCUT2D eigenvalue weighted by Crippen LogP contribution is -2.17. The molecule has 2 aromatic carbocycles. The van der Waals surface area contributed by atoms with Crippen molar-refractivity contribution in [2.45, 2.75) is 31.8 Å². The van der Waals surface area contributed by atoms with E-state index in [-0.39, 0.29) is 11.7 Å². The molecule has 0 saturated carbocycles. The predicted molar refractivity (Wildman–Crippen MR) is 106 cm³/mol. The molecular formula is C20H22N4OS. The van der Waals surface area contributed by atoms with Gasteiger partial charge in [-0.2, -0.15) is 0 Å². The molecule has 0 aliphatic heterocycles. The van der Waals surface area contributed by atoms with E-state index in [4.69, 9.17) is 0 Å². The number of rotatable bonds is 7. The van der Waals surface area contributed by atoms with Gasteiger partial charge < -0.3 is 5.32 Å². The Kier molecular flexibility index (Phi) is 6.07. The van der Waals surface area contributed by atoms with E-state index in [2.05, 4.69) is 41.5 Å². The second kappa shape index (κ2) is 8.67. The van der Waals surface area contributed by atoms with E-state index in [1.807, 2.05) is 41.0 Å². The molecule has 26 heavy (non-hydrogen) atoms. The SMILES string of the molecule is CCc1cccc(CC)c1NC(=O)CSc1nncn1-c1ccccc1. The van der Waals surface area contributed by atoms with Crippen molar-refractivity contribution in [2.24, 2.45) is 0 Å². The van der Waals surface area contributed by atoms with Crippen molar-refractivity contribution in [3.05, 3.63) is 66.0 Å². The first-order chi connectivity index (χ1) is 12.7. The lowest BCUT2D eigenvalue weighted by molar-refractivity contribution is -0.113. The maximum Gasteiger partial charge on any atom is 0.234 e. The van der Waals surface area contributed by atoms with Crippen LogP contribution in [-0.2, 0) is 17.6 Å². The largest absolute Gasteiger partial charge is 0.325 e. The highest BCUT2D eigenvalue weighted by atomic mass is 32.2. The van der Waals surface area contributed by atoms with Gasteiger partial charge in [-0.25, -0.2) is 0 Å². The van der Waals surface area contributed by atoms with Crippen LogP contribution in [0, 0.1) is 0 Å². The van der Waals surface area contributed by atoms with Crippen LogP contribution in [0.25, 0.3) is 5.69 Å². The molecule has 0 saturated heterocycles. The average molecular weight is 366 g/mol. The van der Waals surface area contributed by atoms with Crippen LogP contribution < -0.4 is 5.32 Å². The topological polar surface area (TPSA) is 59.8 Å². The number of aromatic nitrogens is 3. The minimum absolute atomic E-state index is 0.0341. The molecule has 6 heteroatoms. The average Bonchev–Trinajstić information content (AvgIpc) is 3.16. The summed E-state index contributed by atoms with van der Waals surface area (Å²) in [6.45, 7) is 4.20. The summed E-state index contributed by atoms with van der Waals surface area (Å²) in [5.41, 5.74) is 4.25. The Hall–Kier alpha value is -2.60. The zero-order valence-corrected chi connectivity index (χ0v) is 15.8. The first-order valence-electron chi connectivity index (χ1n) is 8.71. The summed E-state index contributed by atoms with van der Waals surface area (Å²) >= 11 is 1.38. The molecule has 1 heterocycles. The Morgan fingerprint density at radius 2 is 1.73 bits per heavy atom. The van der Waals surface area contributed by atoms with Crippen LogP contribution in [0.2, 0.25) is 0 Å². The third kappa shape index (κ3) is 4.14. The Labute approximate surface area is 157 Å². The molecule has 5 nitrogen and oxygen atoms in total. The molecule has 0 aliphatic carbocycles. The number of aryl methyl sites for hydroxylation is 2. The van der Waals surface area contributed by atoms with E-state index < -0.39 is 0 Å². The third-order valence-electron chi connectivity index (χ3n) is 4.15. The number of amides is 1. The molecule has 134 valence electrons. The summed E-state index contributed by atoms with van der Waals surface area (Å²) < 4.78 is 1.88. The van der Waals surface area contributed by atoms with Gasteiger partial charge in [-0.3, -0.25) is 9.36 Å². The number of nitrogens with zero attached hydrogens (tertiary/aromatic N) is 3. The van der Waals surface area contributed by atoms with E-state index in [0.29, 0.717) is 5.16 Å². The minimum Gasteiger partial charge on any atom is -0.325 e. The van der Waals surface area contributed by atoms with Gasteiger partial charge in [0, 0.05) is 11.4 Å². The highest BCUT2D eigenvalue weighted by molar-refractivity contribution is 7.99.